The summed E-state index contributed by atoms with van der Waals surface area (Å²) in [6, 6.07) is 19.0. The van der Waals surface area contributed by atoms with Crippen molar-refractivity contribution in [3.8, 4) is 0 Å². The first-order chi connectivity index (χ1) is 16.1. The smallest absolute Gasteiger partial charge is 0.325 e. The van der Waals surface area contributed by atoms with Crippen molar-refractivity contribution in [2.75, 3.05) is 6.54 Å². The lowest BCUT2D eigenvalue weighted by atomic mass is 9.84. The van der Waals surface area contributed by atoms with Gasteiger partial charge < -0.3 is 10.6 Å². The molecule has 1 heterocycles. The summed E-state index contributed by atoms with van der Waals surface area (Å²) in [5, 5.41) is 6.02. The molecule has 4 rings (SSSR count). The molecule has 2 fully saturated rings. The molecule has 0 unspecified atom stereocenters. The van der Waals surface area contributed by atoms with E-state index in [4.69, 9.17) is 0 Å². The van der Waals surface area contributed by atoms with Gasteiger partial charge in [-0.05, 0) is 24.0 Å². The number of amides is 4. The van der Waals surface area contributed by atoms with E-state index < -0.39 is 11.6 Å². The Morgan fingerprint density at radius 1 is 0.848 bits per heavy atom. The second-order valence-electron chi connectivity index (χ2n) is 9.34. The molecule has 4 amide bonds. The number of benzene rings is 2. The number of nitrogens with zero attached hydrogens (tertiary/aromatic N) is 1. The zero-order valence-electron chi connectivity index (χ0n) is 19.1. The molecule has 2 aromatic rings. The summed E-state index contributed by atoms with van der Waals surface area (Å²) in [7, 11) is 0. The highest BCUT2D eigenvalue weighted by atomic mass is 16.2. The molecule has 0 atom stereocenters. The Hall–Kier alpha value is -3.15. The van der Waals surface area contributed by atoms with Crippen molar-refractivity contribution in [2.45, 2.75) is 69.4 Å². The molecule has 6 nitrogen and oxygen atoms in total. The molecular formula is C27H33N3O3. The van der Waals surface area contributed by atoms with Gasteiger partial charge in [0.1, 0.15) is 12.1 Å². The predicted molar refractivity (Wildman–Crippen MR) is 128 cm³/mol. The fraction of sp³-hybridized carbons (Fsp3) is 0.444. The fourth-order valence-electron chi connectivity index (χ4n) is 5.03. The average Bonchev–Trinajstić information content (AvgIpc) is 3.01. The highest BCUT2D eigenvalue weighted by Gasteiger charge is 2.51. The molecule has 6 heteroatoms. The second-order valence-corrected chi connectivity index (χ2v) is 9.34. The molecule has 2 aliphatic rings. The Balaban J connectivity index is 1.49. The molecular weight excluding hydrogens is 414 g/mol. The van der Waals surface area contributed by atoms with Crippen LogP contribution < -0.4 is 10.6 Å². The molecule has 174 valence electrons. The van der Waals surface area contributed by atoms with Crippen molar-refractivity contribution in [3.05, 3.63) is 71.8 Å². The van der Waals surface area contributed by atoms with E-state index in [9.17, 15) is 14.4 Å². The third kappa shape index (κ3) is 5.81. The number of carbonyl (C=O) groups excluding carboxylic acids is 3. The first kappa shape index (κ1) is 23.0. The van der Waals surface area contributed by atoms with Gasteiger partial charge in [0.05, 0.1) is 0 Å². The summed E-state index contributed by atoms with van der Waals surface area (Å²) >= 11 is 0. The van der Waals surface area contributed by atoms with E-state index in [1.807, 2.05) is 60.7 Å². The van der Waals surface area contributed by atoms with Crippen molar-refractivity contribution in [1.29, 1.82) is 0 Å². The van der Waals surface area contributed by atoms with E-state index in [1.165, 1.54) is 19.3 Å². The molecule has 1 saturated carbocycles. The molecule has 1 aliphatic heterocycles. The maximum atomic E-state index is 13.6. The molecule has 0 radical (unpaired) electrons. The minimum atomic E-state index is -1.11. The van der Waals surface area contributed by atoms with Crippen molar-refractivity contribution in [2.24, 2.45) is 0 Å². The maximum Gasteiger partial charge on any atom is 0.325 e. The molecule has 0 spiro atoms. The number of imide groups is 1. The standard InChI is InChI=1S/C27H33N3O3/c31-24(28-23-16-10-2-1-3-11-17-23)20-30-25(32)27(29-26(30)33,18-21-12-6-4-7-13-21)19-22-14-8-5-9-15-22/h4-9,12-15,23H,1-3,10-11,16-20H2,(H,28,31)(H,29,33). The highest BCUT2D eigenvalue weighted by molar-refractivity contribution is 6.09. The van der Waals surface area contributed by atoms with Crippen LogP contribution in [0.3, 0.4) is 0 Å². The molecule has 2 N–H and O–H groups in total. The fourth-order valence-corrected chi connectivity index (χ4v) is 5.03. The lowest BCUT2D eigenvalue weighted by Crippen LogP contribution is -2.51. The minimum Gasteiger partial charge on any atom is -0.352 e. The molecule has 0 aromatic heterocycles. The monoisotopic (exact) mass is 447 g/mol. The van der Waals surface area contributed by atoms with Gasteiger partial charge in [-0.2, -0.15) is 0 Å². The van der Waals surface area contributed by atoms with E-state index in [2.05, 4.69) is 10.6 Å². The van der Waals surface area contributed by atoms with Gasteiger partial charge in [-0.3, -0.25) is 14.5 Å². The first-order valence-corrected chi connectivity index (χ1v) is 12.1. The van der Waals surface area contributed by atoms with Crippen LogP contribution in [0.1, 0.15) is 56.1 Å². The summed E-state index contributed by atoms with van der Waals surface area (Å²) in [4.78, 5) is 40.4. The third-order valence-corrected chi connectivity index (χ3v) is 6.72. The Bertz CT molecular complexity index is 912. The van der Waals surface area contributed by atoms with E-state index >= 15 is 0 Å². The van der Waals surface area contributed by atoms with E-state index in [1.54, 1.807) is 0 Å². The van der Waals surface area contributed by atoms with Gasteiger partial charge in [0.15, 0.2) is 0 Å². The van der Waals surface area contributed by atoms with Gasteiger partial charge in [-0.1, -0.05) is 92.8 Å². The van der Waals surface area contributed by atoms with Crippen molar-refractivity contribution in [3.63, 3.8) is 0 Å². The third-order valence-electron chi connectivity index (χ3n) is 6.72. The topological polar surface area (TPSA) is 78.5 Å². The lowest BCUT2D eigenvalue weighted by molar-refractivity contribution is -0.135. The van der Waals surface area contributed by atoms with Crippen LogP contribution >= 0.6 is 0 Å². The van der Waals surface area contributed by atoms with Crippen molar-refractivity contribution >= 4 is 17.8 Å². The second kappa shape index (κ2) is 10.6. The van der Waals surface area contributed by atoms with Crippen molar-refractivity contribution < 1.29 is 14.4 Å². The number of rotatable bonds is 7. The van der Waals surface area contributed by atoms with Crippen LogP contribution in [0.4, 0.5) is 4.79 Å². The summed E-state index contributed by atoms with van der Waals surface area (Å²) in [5.74, 6) is -0.604. The normalized spacial score (nSPS) is 19.0. The Labute approximate surface area is 195 Å². The average molecular weight is 448 g/mol. The first-order valence-electron chi connectivity index (χ1n) is 12.1. The van der Waals surface area contributed by atoms with Crippen LogP contribution in [0.5, 0.6) is 0 Å². The molecule has 0 bridgehead atoms. The van der Waals surface area contributed by atoms with Crippen LogP contribution in [0.25, 0.3) is 0 Å². The van der Waals surface area contributed by atoms with Gasteiger partial charge in [-0.15, -0.1) is 0 Å². The van der Waals surface area contributed by atoms with Gasteiger partial charge in [0.25, 0.3) is 5.91 Å². The van der Waals surface area contributed by atoms with Gasteiger partial charge in [-0.25, -0.2) is 4.79 Å². The van der Waals surface area contributed by atoms with Gasteiger partial charge in [0.2, 0.25) is 5.91 Å². The minimum absolute atomic E-state index is 0.122. The Morgan fingerprint density at radius 2 is 1.36 bits per heavy atom. The lowest BCUT2D eigenvalue weighted by Gasteiger charge is -2.27. The predicted octanol–water partition coefficient (Wildman–Crippen LogP) is 3.99. The van der Waals surface area contributed by atoms with Gasteiger partial charge in [0, 0.05) is 18.9 Å². The Kier molecular flexibility index (Phi) is 7.43. The van der Waals surface area contributed by atoms with E-state index in [0.717, 1.165) is 41.7 Å². The molecule has 1 saturated heterocycles. The summed E-state index contributed by atoms with van der Waals surface area (Å²) in [6.45, 7) is -0.244. The van der Waals surface area contributed by atoms with Crippen LogP contribution in [-0.2, 0) is 22.4 Å². The van der Waals surface area contributed by atoms with Crippen LogP contribution in [0, 0.1) is 0 Å². The number of carbonyl (C=O) groups is 3. The quantitative estimate of drug-likeness (QED) is 0.630. The number of hydrogen-bond donors (Lipinski definition) is 2. The van der Waals surface area contributed by atoms with E-state index in [0.29, 0.717) is 12.8 Å². The Morgan fingerprint density at radius 3 is 1.91 bits per heavy atom. The van der Waals surface area contributed by atoms with Crippen LogP contribution in [0.15, 0.2) is 60.7 Å². The summed E-state index contributed by atoms with van der Waals surface area (Å²) in [6.07, 6.45) is 8.50. The molecule has 1 aliphatic carbocycles. The zero-order chi connectivity index (χ0) is 23.1. The maximum absolute atomic E-state index is 13.6. The zero-order valence-corrected chi connectivity index (χ0v) is 19.1. The number of hydrogen-bond acceptors (Lipinski definition) is 3. The largest absolute Gasteiger partial charge is 0.352 e. The summed E-state index contributed by atoms with van der Waals surface area (Å²) < 4.78 is 0. The van der Waals surface area contributed by atoms with Crippen molar-refractivity contribution in [1.82, 2.24) is 15.5 Å². The van der Waals surface area contributed by atoms with Gasteiger partial charge >= 0.3 is 6.03 Å². The molecule has 33 heavy (non-hydrogen) atoms. The summed E-state index contributed by atoms with van der Waals surface area (Å²) in [5.41, 5.74) is 0.811. The number of urea groups is 1. The van der Waals surface area contributed by atoms with Crippen LogP contribution in [0.2, 0.25) is 0 Å². The van der Waals surface area contributed by atoms with E-state index in [-0.39, 0.29) is 24.4 Å². The SMILES string of the molecule is O=C(CN1C(=O)NC(Cc2ccccc2)(Cc2ccccc2)C1=O)NC1CCCCCCC1. The highest BCUT2D eigenvalue weighted by Crippen LogP contribution is 2.27. The van der Waals surface area contributed by atoms with Crippen LogP contribution in [-0.4, -0.2) is 40.9 Å². The number of nitrogens with one attached hydrogen (secondary N) is 2. The molecule has 2 aromatic carbocycles.